The third kappa shape index (κ3) is 3.88. The minimum absolute atomic E-state index is 0.429. The highest BCUT2D eigenvalue weighted by molar-refractivity contribution is 8.00. The summed E-state index contributed by atoms with van der Waals surface area (Å²) in [5, 5.41) is 1.57. The highest BCUT2D eigenvalue weighted by Gasteiger charge is 2.33. The van der Waals surface area contributed by atoms with Gasteiger partial charge in [0.25, 0.3) is 0 Å². The van der Waals surface area contributed by atoms with Crippen molar-refractivity contribution >= 4 is 11.8 Å². The van der Waals surface area contributed by atoms with Crippen molar-refractivity contribution in [2.45, 2.75) is 62.9 Å². The van der Waals surface area contributed by atoms with Crippen LogP contribution in [0.4, 0.5) is 0 Å². The van der Waals surface area contributed by atoms with Gasteiger partial charge in [-0.05, 0) is 24.8 Å². The Morgan fingerprint density at radius 1 is 1.06 bits per heavy atom. The molecule has 0 amide bonds. The van der Waals surface area contributed by atoms with Crippen molar-refractivity contribution in [2.24, 2.45) is 11.1 Å². The molecule has 0 aromatic rings. The van der Waals surface area contributed by atoms with Crippen molar-refractivity contribution in [1.82, 2.24) is 4.90 Å². The highest BCUT2D eigenvalue weighted by atomic mass is 32.2. The van der Waals surface area contributed by atoms with E-state index in [0.717, 1.165) is 17.0 Å². The maximum atomic E-state index is 6.16. The SMILES string of the molecule is CC1CN(CC2(CN)CCCCCC2)CC(C)S1. The van der Waals surface area contributed by atoms with E-state index >= 15 is 0 Å². The van der Waals surface area contributed by atoms with E-state index in [-0.39, 0.29) is 0 Å². The van der Waals surface area contributed by atoms with Crippen LogP contribution in [0.15, 0.2) is 0 Å². The molecule has 0 radical (unpaired) electrons. The quantitative estimate of drug-likeness (QED) is 0.799. The molecule has 1 saturated carbocycles. The molecule has 0 aromatic heterocycles. The van der Waals surface area contributed by atoms with E-state index in [4.69, 9.17) is 5.73 Å². The third-order valence-electron chi connectivity index (χ3n) is 4.65. The zero-order valence-corrected chi connectivity index (χ0v) is 13.0. The molecule has 1 saturated heterocycles. The largest absolute Gasteiger partial charge is 0.330 e. The Labute approximate surface area is 117 Å². The fourth-order valence-electron chi connectivity index (χ4n) is 3.79. The molecule has 18 heavy (non-hydrogen) atoms. The van der Waals surface area contributed by atoms with Crippen LogP contribution < -0.4 is 5.73 Å². The Balaban J connectivity index is 1.95. The van der Waals surface area contributed by atoms with E-state index in [9.17, 15) is 0 Å². The summed E-state index contributed by atoms with van der Waals surface area (Å²) in [7, 11) is 0. The van der Waals surface area contributed by atoms with Crippen LogP contribution in [0.5, 0.6) is 0 Å². The second kappa shape index (κ2) is 6.62. The molecule has 1 aliphatic carbocycles. The van der Waals surface area contributed by atoms with Crippen LogP contribution >= 0.6 is 11.8 Å². The first-order valence-electron chi connectivity index (χ1n) is 7.71. The van der Waals surface area contributed by atoms with E-state index < -0.39 is 0 Å². The summed E-state index contributed by atoms with van der Waals surface area (Å²) in [6.45, 7) is 9.40. The summed E-state index contributed by atoms with van der Waals surface area (Å²) >= 11 is 2.14. The first-order valence-corrected chi connectivity index (χ1v) is 8.66. The molecule has 0 aromatic carbocycles. The van der Waals surface area contributed by atoms with Crippen LogP contribution in [-0.4, -0.2) is 41.6 Å². The summed E-state index contributed by atoms with van der Waals surface area (Å²) in [5.74, 6) is 0. The van der Waals surface area contributed by atoms with Gasteiger partial charge in [-0.1, -0.05) is 39.5 Å². The lowest BCUT2D eigenvalue weighted by Crippen LogP contribution is -2.48. The topological polar surface area (TPSA) is 29.3 Å². The predicted octanol–water partition coefficient (Wildman–Crippen LogP) is 3.11. The number of rotatable bonds is 3. The van der Waals surface area contributed by atoms with E-state index in [1.165, 1.54) is 58.2 Å². The minimum atomic E-state index is 0.429. The monoisotopic (exact) mass is 270 g/mol. The Morgan fingerprint density at radius 2 is 1.61 bits per heavy atom. The number of nitrogens with two attached hydrogens (primary N) is 1. The van der Waals surface area contributed by atoms with Crippen LogP contribution in [0.25, 0.3) is 0 Å². The molecule has 2 unspecified atom stereocenters. The molecule has 0 bridgehead atoms. The minimum Gasteiger partial charge on any atom is -0.330 e. The van der Waals surface area contributed by atoms with Crippen LogP contribution in [-0.2, 0) is 0 Å². The van der Waals surface area contributed by atoms with Gasteiger partial charge in [-0.2, -0.15) is 11.8 Å². The van der Waals surface area contributed by atoms with Gasteiger partial charge in [0.05, 0.1) is 0 Å². The third-order valence-corrected chi connectivity index (χ3v) is 5.88. The average Bonchev–Trinajstić information content (AvgIpc) is 2.54. The normalized spacial score (nSPS) is 34.2. The molecular weight excluding hydrogens is 240 g/mol. The van der Waals surface area contributed by atoms with Crippen molar-refractivity contribution in [3.8, 4) is 0 Å². The molecule has 106 valence electrons. The van der Waals surface area contributed by atoms with Gasteiger partial charge in [0.2, 0.25) is 0 Å². The van der Waals surface area contributed by atoms with E-state index in [0.29, 0.717) is 5.41 Å². The maximum Gasteiger partial charge on any atom is 0.0149 e. The zero-order chi connectivity index (χ0) is 13.0. The fraction of sp³-hybridized carbons (Fsp3) is 1.00. The van der Waals surface area contributed by atoms with Crippen LogP contribution in [0.2, 0.25) is 0 Å². The standard InChI is InChI=1S/C15H30N2S/c1-13-9-17(10-14(2)18-13)12-15(11-16)7-5-3-4-6-8-15/h13-14H,3-12,16H2,1-2H3. The van der Waals surface area contributed by atoms with Crippen molar-refractivity contribution in [3.63, 3.8) is 0 Å². The lowest BCUT2D eigenvalue weighted by atomic mass is 9.79. The zero-order valence-electron chi connectivity index (χ0n) is 12.2. The number of nitrogens with zero attached hydrogens (tertiary/aromatic N) is 1. The first kappa shape index (κ1) is 14.7. The summed E-state index contributed by atoms with van der Waals surface area (Å²) in [5.41, 5.74) is 6.59. The Kier molecular flexibility index (Phi) is 5.40. The number of thioether (sulfide) groups is 1. The van der Waals surface area contributed by atoms with Gasteiger partial charge in [0, 0.05) is 30.1 Å². The van der Waals surface area contributed by atoms with Gasteiger partial charge in [-0.15, -0.1) is 0 Å². The fourth-order valence-corrected chi connectivity index (χ4v) is 5.18. The summed E-state index contributed by atoms with van der Waals surface area (Å²) in [4.78, 5) is 2.70. The molecule has 3 heteroatoms. The molecule has 2 N–H and O–H groups in total. The second-order valence-electron chi connectivity index (χ2n) is 6.57. The Morgan fingerprint density at radius 3 is 2.11 bits per heavy atom. The second-order valence-corrected chi connectivity index (χ2v) is 8.45. The average molecular weight is 270 g/mol. The van der Waals surface area contributed by atoms with Crippen molar-refractivity contribution in [2.75, 3.05) is 26.2 Å². The van der Waals surface area contributed by atoms with E-state index in [2.05, 4.69) is 30.5 Å². The van der Waals surface area contributed by atoms with Crippen molar-refractivity contribution < 1.29 is 0 Å². The highest BCUT2D eigenvalue weighted by Crippen LogP contribution is 2.36. The molecule has 1 aliphatic heterocycles. The van der Waals surface area contributed by atoms with Gasteiger partial charge < -0.3 is 10.6 Å². The lowest BCUT2D eigenvalue weighted by molar-refractivity contribution is 0.134. The Hall–Kier alpha value is 0.270. The smallest absolute Gasteiger partial charge is 0.0149 e. The first-order chi connectivity index (χ1) is 8.63. The molecular formula is C15H30N2S. The number of hydrogen-bond donors (Lipinski definition) is 1. The summed E-state index contributed by atoms with van der Waals surface area (Å²) in [6, 6.07) is 0. The molecule has 2 atom stereocenters. The predicted molar refractivity (Wildman–Crippen MR) is 82.1 cm³/mol. The number of hydrogen-bond acceptors (Lipinski definition) is 3. The van der Waals surface area contributed by atoms with E-state index in [1.807, 2.05) is 0 Å². The van der Waals surface area contributed by atoms with Gasteiger partial charge in [-0.3, -0.25) is 0 Å². The molecule has 2 aliphatic rings. The molecule has 2 fully saturated rings. The molecule has 1 heterocycles. The molecule has 2 nitrogen and oxygen atoms in total. The molecule has 0 spiro atoms. The van der Waals surface area contributed by atoms with Crippen LogP contribution in [0.3, 0.4) is 0 Å². The maximum absolute atomic E-state index is 6.16. The van der Waals surface area contributed by atoms with E-state index in [1.54, 1.807) is 0 Å². The summed E-state index contributed by atoms with van der Waals surface area (Å²) < 4.78 is 0. The summed E-state index contributed by atoms with van der Waals surface area (Å²) in [6.07, 6.45) is 8.34. The van der Waals surface area contributed by atoms with Gasteiger partial charge >= 0.3 is 0 Å². The van der Waals surface area contributed by atoms with Crippen molar-refractivity contribution in [3.05, 3.63) is 0 Å². The van der Waals surface area contributed by atoms with Crippen LogP contribution in [0.1, 0.15) is 52.4 Å². The van der Waals surface area contributed by atoms with Crippen molar-refractivity contribution in [1.29, 1.82) is 0 Å². The lowest BCUT2D eigenvalue weighted by Gasteiger charge is -2.42. The van der Waals surface area contributed by atoms with Gasteiger partial charge in [-0.25, -0.2) is 0 Å². The van der Waals surface area contributed by atoms with Gasteiger partial charge in [0.15, 0.2) is 0 Å². The van der Waals surface area contributed by atoms with Crippen LogP contribution in [0, 0.1) is 5.41 Å². The Bertz CT molecular complexity index is 239. The van der Waals surface area contributed by atoms with Gasteiger partial charge in [0.1, 0.15) is 0 Å². The molecule has 2 rings (SSSR count).